The summed E-state index contributed by atoms with van der Waals surface area (Å²) in [4.78, 5) is 13.6. The number of methoxy groups -OCH3 is 1. The second-order valence-corrected chi connectivity index (χ2v) is 9.81. The van der Waals surface area contributed by atoms with Gasteiger partial charge in [-0.15, -0.1) is 0 Å². The third-order valence-electron chi connectivity index (χ3n) is 7.02. The zero-order valence-corrected chi connectivity index (χ0v) is 23.2. The number of carbonyl (C=O) groups is 1. The topological polar surface area (TPSA) is 103 Å². The monoisotopic (exact) mass is 551 g/mol. The zero-order chi connectivity index (χ0) is 28.8. The summed E-state index contributed by atoms with van der Waals surface area (Å²) in [6.07, 6.45) is 0.995. The molecule has 3 N–H and O–H groups in total. The number of likely N-dealkylation sites (tertiary alicyclic amines) is 1. The molecule has 0 spiro atoms. The molecule has 1 aliphatic heterocycles. The van der Waals surface area contributed by atoms with Crippen LogP contribution in [-0.4, -0.2) is 63.8 Å². The van der Waals surface area contributed by atoms with E-state index in [0.717, 1.165) is 54.3 Å². The van der Waals surface area contributed by atoms with Crippen LogP contribution in [0.1, 0.15) is 29.2 Å². The van der Waals surface area contributed by atoms with Crippen LogP contribution in [0.5, 0.6) is 0 Å². The first kappa shape index (κ1) is 28.9. The van der Waals surface area contributed by atoms with E-state index in [-0.39, 0.29) is 0 Å². The molecule has 0 radical (unpaired) electrons. The van der Waals surface area contributed by atoms with Crippen molar-refractivity contribution in [3.63, 3.8) is 0 Å². The maximum Gasteiger partial charge on any atom is 0.317 e. The van der Waals surface area contributed by atoms with Gasteiger partial charge in [-0.05, 0) is 68.6 Å². The molecule has 212 valence electrons. The van der Waals surface area contributed by atoms with Crippen LogP contribution in [0, 0.1) is 25.5 Å². The van der Waals surface area contributed by atoms with Crippen LogP contribution in [0.4, 0.5) is 19.4 Å². The lowest BCUT2D eigenvalue weighted by Crippen LogP contribution is -2.24. The molecule has 11 heteroatoms. The molecule has 3 heterocycles. The third kappa shape index (κ3) is 6.72. The van der Waals surface area contributed by atoms with Crippen LogP contribution in [0.25, 0.3) is 17.1 Å². The van der Waals surface area contributed by atoms with Gasteiger partial charge in [-0.2, -0.15) is 10.2 Å². The maximum atomic E-state index is 13.1. The van der Waals surface area contributed by atoms with Crippen LogP contribution in [0.15, 0.2) is 54.6 Å². The fraction of sp³-hybridized carbons (Fsp3) is 0.345. The number of halogens is 2. The smallest absolute Gasteiger partial charge is 0.317 e. The number of rotatable bonds is 7. The zero-order valence-electron chi connectivity index (χ0n) is 23.2. The SMILES string of the molecule is COCCN1CCC(c2ccc(F)c(F)c2)C1.Cc1c(-c2cc(C)n(C)n2)nn(-c2ccccc2)c1NC(N)=O. The number of nitrogens with one attached hydrogen (secondary N) is 1. The molecule has 0 saturated carbocycles. The van der Waals surface area contributed by atoms with E-state index in [9.17, 15) is 13.6 Å². The molecule has 40 heavy (non-hydrogen) atoms. The molecule has 0 bridgehead atoms. The van der Waals surface area contributed by atoms with E-state index >= 15 is 0 Å². The second kappa shape index (κ2) is 12.8. The Balaban J connectivity index is 0.000000194. The number of benzene rings is 2. The number of amides is 2. The first-order valence-corrected chi connectivity index (χ1v) is 13.1. The molecule has 1 saturated heterocycles. The molecular formula is C29H35F2N7O2. The van der Waals surface area contributed by atoms with Crippen LogP contribution in [-0.2, 0) is 11.8 Å². The van der Waals surface area contributed by atoms with E-state index in [4.69, 9.17) is 10.5 Å². The highest BCUT2D eigenvalue weighted by Crippen LogP contribution is 2.30. The Hall–Kier alpha value is -4.09. The van der Waals surface area contributed by atoms with Gasteiger partial charge in [0, 0.05) is 38.5 Å². The molecule has 2 aromatic carbocycles. The summed E-state index contributed by atoms with van der Waals surface area (Å²) in [6.45, 7) is 7.36. The number of aromatic nitrogens is 4. The molecule has 0 aliphatic carbocycles. The van der Waals surface area contributed by atoms with Crippen molar-refractivity contribution in [3.8, 4) is 17.1 Å². The van der Waals surface area contributed by atoms with Crippen molar-refractivity contribution in [2.24, 2.45) is 12.8 Å². The maximum absolute atomic E-state index is 13.1. The number of aryl methyl sites for hydroxylation is 2. The average molecular weight is 552 g/mol. The predicted molar refractivity (Wildman–Crippen MR) is 150 cm³/mol. The van der Waals surface area contributed by atoms with Gasteiger partial charge in [-0.3, -0.25) is 10.00 Å². The number of carbonyl (C=O) groups excluding carboxylic acids is 1. The van der Waals surface area contributed by atoms with Crippen molar-refractivity contribution >= 4 is 11.8 Å². The van der Waals surface area contributed by atoms with Crippen LogP contribution in [0.3, 0.4) is 0 Å². The summed E-state index contributed by atoms with van der Waals surface area (Å²) in [6, 6.07) is 15.1. The number of hydrogen-bond acceptors (Lipinski definition) is 5. The number of hydrogen-bond donors (Lipinski definition) is 2. The van der Waals surface area contributed by atoms with Crippen LogP contribution >= 0.6 is 0 Å². The number of ether oxygens (including phenoxy) is 1. The van der Waals surface area contributed by atoms with Crippen molar-refractivity contribution in [3.05, 3.63) is 83.1 Å². The third-order valence-corrected chi connectivity index (χ3v) is 7.02. The highest BCUT2D eigenvalue weighted by Gasteiger charge is 2.24. The Morgan fingerprint density at radius 3 is 2.48 bits per heavy atom. The molecule has 9 nitrogen and oxygen atoms in total. The lowest BCUT2D eigenvalue weighted by Gasteiger charge is -2.15. The minimum absolute atomic E-state index is 0.307. The fourth-order valence-corrected chi connectivity index (χ4v) is 4.73. The minimum Gasteiger partial charge on any atom is -0.383 e. The largest absolute Gasteiger partial charge is 0.383 e. The standard InChI is InChI=1S/C16H18N6O.C13H17F2NO/c1-10-9-13(19-21(10)3)14-11(2)15(18-16(17)23)22(20-14)12-7-5-4-6-8-12;1-17-7-6-16-5-4-11(9-16)10-2-3-12(14)13(15)8-10/h4-9H,1-3H3,(H3,17,18,23);2-3,8,11H,4-7,9H2,1H3. The first-order valence-electron chi connectivity index (χ1n) is 13.1. The highest BCUT2D eigenvalue weighted by molar-refractivity contribution is 5.89. The Bertz CT molecular complexity index is 1430. The average Bonchev–Trinajstić information content (AvgIpc) is 3.63. The Labute approximate surface area is 232 Å². The molecule has 2 amide bonds. The molecule has 1 atom stereocenters. The van der Waals surface area contributed by atoms with Gasteiger partial charge in [-0.25, -0.2) is 18.3 Å². The predicted octanol–water partition coefficient (Wildman–Crippen LogP) is 4.78. The van der Waals surface area contributed by atoms with Crippen LogP contribution in [0.2, 0.25) is 0 Å². The Kier molecular flexibility index (Phi) is 9.28. The Morgan fingerprint density at radius 1 is 1.10 bits per heavy atom. The second-order valence-electron chi connectivity index (χ2n) is 9.81. The van der Waals surface area contributed by atoms with Crippen molar-refractivity contribution in [1.29, 1.82) is 0 Å². The van der Waals surface area contributed by atoms with Gasteiger partial charge in [-0.1, -0.05) is 24.3 Å². The van der Waals surface area contributed by atoms with Crippen molar-refractivity contribution in [2.75, 3.05) is 38.7 Å². The number of primary amides is 1. The molecule has 5 rings (SSSR count). The van der Waals surface area contributed by atoms with Crippen molar-refractivity contribution < 1.29 is 18.3 Å². The molecule has 4 aromatic rings. The van der Waals surface area contributed by atoms with E-state index in [1.54, 1.807) is 22.5 Å². The normalized spacial score (nSPS) is 15.1. The number of nitrogens with zero attached hydrogens (tertiary/aromatic N) is 5. The van der Waals surface area contributed by atoms with E-state index in [2.05, 4.69) is 20.4 Å². The first-order chi connectivity index (χ1) is 19.2. The summed E-state index contributed by atoms with van der Waals surface area (Å²) in [7, 11) is 3.56. The number of nitrogens with two attached hydrogens (primary N) is 1. The quantitative estimate of drug-likeness (QED) is 0.344. The summed E-state index contributed by atoms with van der Waals surface area (Å²) in [5.74, 6) is -0.676. The van der Waals surface area contributed by atoms with Gasteiger partial charge in [0.25, 0.3) is 0 Å². The van der Waals surface area contributed by atoms with Crippen molar-refractivity contribution in [1.82, 2.24) is 24.5 Å². The number of anilines is 1. The van der Waals surface area contributed by atoms with Gasteiger partial charge in [0.15, 0.2) is 11.6 Å². The number of para-hydroxylation sites is 1. The van der Waals surface area contributed by atoms with Gasteiger partial charge in [0.05, 0.1) is 12.3 Å². The minimum atomic E-state index is -0.775. The Morgan fingerprint density at radius 2 is 1.85 bits per heavy atom. The van der Waals surface area contributed by atoms with Crippen molar-refractivity contribution in [2.45, 2.75) is 26.2 Å². The van der Waals surface area contributed by atoms with Gasteiger partial charge < -0.3 is 15.4 Å². The molecule has 1 aliphatic rings. The lowest BCUT2D eigenvalue weighted by molar-refractivity contribution is 0.160. The molecule has 1 unspecified atom stereocenters. The van der Waals surface area contributed by atoms with E-state index in [1.165, 1.54) is 12.1 Å². The fourth-order valence-electron chi connectivity index (χ4n) is 4.73. The summed E-state index contributed by atoms with van der Waals surface area (Å²) < 4.78 is 34.4. The highest BCUT2D eigenvalue weighted by atomic mass is 19.2. The summed E-state index contributed by atoms with van der Waals surface area (Å²) in [5, 5.41) is 11.8. The lowest BCUT2D eigenvalue weighted by atomic mass is 9.98. The van der Waals surface area contributed by atoms with Crippen LogP contribution < -0.4 is 11.1 Å². The number of urea groups is 1. The molecule has 1 fully saturated rings. The van der Waals surface area contributed by atoms with Gasteiger partial charge >= 0.3 is 6.03 Å². The summed E-state index contributed by atoms with van der Waals surface area (Å²) >= 11 is 0. The summed E-state index contributed by atoms with van der Waals surface area (Å²) in [5.41, 5.74) is 10.3. The van der Waals surface area contributed by atoms with Gasteiger partial charge in [0.1, 0.15) is 17.2 Å². The molecule has 2 aromatic heterocycles. The molecular weight excluding hydrogens is 516 g/mol. The van der Waals surface area contributed by atoms with E-state index < -0.39 is 17.7 Å². The van der Waals surface area contributed by atoms with E-state index in [1.807, 2.05) is 57.3 Å². The van der Waals surface area contributed by atoms with Gasteiger partial charge in [0.2, 0.25) is 0 Å². The van der Waals surface area contributed by atoms with E-state index in [0.29, 0.717) is 24.0 Å².